The third-order valence-electron chi connectivity index (χ3n) is 5.52. The van der Waals surface area contributed by atoms with Crippen molar-refractivity contribution in [2.24, 2.45) is 10.4 Å². The maximum absolute atomic E-state index is 13.9. The van der Waals surface area contributed by atoms with Gasteiger partial charge in [-0.05, 0) is 38.5 Å². The lowest BCUT2D eigenvalue weighted by molar-refractivity contribution is -0.176. The van der Waals surface area contributed by atoms with Gasteiger partial charge in [-0.2, -0.15) is 5.26 Å². The minimum atomic E-state index is -0.352. The van der Waals surface area contributed by atoms with Crippen LogP contribution in [0.25, 0.3) is 0 Å². The number of rotatable bonds is 5. The van der Waals surface area contributed by atoms with E-state index < -0.39 is 0 Å². The lowest BCUT2D eigenvalue weighted by Crippen LogP contribution is -2.69. The van der Waals surface area contributed by atoms with E-state index >= 15 is 0 Å². The molecule has 2 unspecified atom stereocenters. The van der Waals surface area contributed by atoms with Crippen molar-refractivity contribution >= 4 is 5.96 Å². The van der Waals surface area contributed by atoms with Crippen molar-refractivity contribution in [3.05, 3.63) is 35.1 Å². The molecular formula is C19H27FN4O. The number of guanidine groups is 1. The number of nitrogens with zero attached hydrogens (tertiary/aromatic N) is 2. The van der Waals surface area contributed by atoms with Gasteiger partial charge in [0.2, 0.25) is 0 Å². The third-order valence-corrected chi connectivity index (χ3v) is 5.52. The van der Waals surface area contributed by atoms with Crippen LogP contribution in [-0.4, -0.2) is 31.3 Å². The number of aliphatic imine (C=N–C) groups is 1. The van der Waals surface area contributed by atoms with Crippen molar-refractivity contribution in [2.45, 2.75) is 52.3 Å². The van der Waals surface area contributed by atoms with Gasteiger partial charge < -0.3 is 15.4 Å². The molecule has 0 heterocycles. The number of nitriles is 1. The van der Waals surface area contributed by atoms with Gasteiger partial charge in [0.1, 0.15) is 5.82 Å². The lowest BCUT2D eigenvalue weighted by Gasteiger charge is -2.59. The van der Waals surface area contributed by atoms with Gasteiger partial charge in [0.05, 0.1) is 23.8 Å². The van der Waals surface area contributed by atoms with Crippen molar-refractivity contribution in [2.75, 3.05) is 13.7 Å². The van der Waals surface area contributed by atoms with Crippen LogP contribution in [0.2, 0.25) is 0 Å². The Morgan fingerprint density at radius 2 is 2.16 bits per heavy atom. The highest BCUT2D eigenvalue weighted by atomic mass is 19.1. The minimum absolute atomic E-state index is 0.0517. The first-order valence-electron chi connectivity index (χ1n) is 8.56. The molecule has 5 nitrogen and oxygen atoms in total. The predicted octanol–water partition coefficient (Wildman–Crippen LogP) is 2.96. The van der Waals surface area contributed by atoms with Crippen LogP contribution in [0.3, 0.4) is 0 Å². The molecule has 0 saturated heterocycles. The fourth-order valence-electron chi connectivity index (χ4n) is 3.14. The molecule has 0 aliphatic heterocycles. The van der Waals surface area contributed by atoms with Crippen molar-refractivity contribution < 1.29 is 9.13 Å². The van der Waals surface area contributed by atoms with Gasteiger partial charge in [-0.3, -0.25) is 0 Å². The number of methoxy groups -OCH3 is 1. The second-order valence-corrected chi connectivity index (χ2v) is 7.17. The summed E-state index contributed by atoms with van der Waals surface area (Å²) >= 11 is 0. The molecule has 1 aromatic carbocycles. The maximum Gasteiger partial charge on any atom is 0.191 e. The van der Waals surface area contributed by atoms with Crippen LogP contribution < -0.4 is 10.6 Å². The lowest BCUT2D eigenvalue weighted by atomic mass is 9.56. The molecule has 0 aromatic heterocycles. The summed E-state index contributed by atoms with van der Waals surface area (Å²) in [6, 6.07) is 6.55. The molecule has 6 heteroatoms. The van der Waals surface area contributed by atoms with Crippen LogP contribution >= 0.6 is 0 Å². The largest absolute Gasteiger partial charge is 0.378 e. The van der Waals surface area contributed by atoms with Crippen molar-refractivity contribution in [1.82, 2.24) is 10.6 Å². The zero-order valence-electron chi connectivity index (χ0n) is 15.6. The van der Waals surface area contributed by atoms with Crippen LogP contribution in [0, 0.1) is 22.6 Å². The first kappa shape index (κ1) is 19.2. The van der Waals surface area contributed by atoms with Gasteiger partial charge in [-0.15, -0.1) is 0 Å². The molecular weight excluding hydrogens is 319 g/mol. The summed E-state index contributed by atoms with van der Waals surface area (Å²) < 4.78 is 19.6. The van der Waals surface area contributed by atoms with E-state index in [1.54, 1.807) is 7.11 Å². The van der Waals surface area contributed by atoms with Crippen molar-refractivity contribution in [1.29, 1.82) is 5.26 Å². The number of hydrogen-bond donors (Lipinski definition) is 2. The summed E-state index contributed by atoms with van der Waals surface area (Å²) in [6.45, 7) is 9.30. The monoisotopic (exact) mass is 346 g/mol. The number of nitrogens with one attached hydrogen (secondary N) is 2. The van der Waals surface area contributed by atoms with Gasteiger partial charge >= 0.3 is 0 Å². The van der Waals surface area contributed by atoms with Crippen molar-refractivity contribution in [3.63, 3.8) is 0 Å². The van der Waals surface area contributed by atoms with Crippen LogP contribution in [0.4, 0.5) is 4.39 Å². The van der Waals surface area contributed by atoms with E-state index in [2.05, 4.69) is 36.4 Å². The average molecular weight is 346 g/mol. The van der Waals surface area contributed by atoms with Gasteiger partial charge in [-0.1, -0.05) is 13.8 Å². The predicted molar refractivity (Wildman–Crippen MR) is 96.7 cm³/mol. The van der Waals surface area contributed by atoms with Crippen molar-refractivity contribution in [3.8, 4) is 6.07 Å². The van der Waals surface area contributed by atoms with Gasteiger partial charge in [0, 0.05) is 30.7 Å². The summed E-state index contributed by atoms with van der Waals surface area (Å²) in [4.78, 5) is 4.49. The molecule has 0 bridgehead atoms. The molecule has 1 fully saturated rings. The zero-order valence-corrected chi connectivity index (χ0v) is 15.6. The topological polar surface area (TPSA) is 69.4 Å². The Labute approximate surface area is 149 Å². The second kappa shape index (κ2) is 7.40. The molecule has 1 aliphatic rings. The Morgan fingerprint density at radius 1 is 1.44 bits per heavy atom. The smallest absolute Gasteiger partial charge is 0.191 e. The minimum Gasteiger partial charge on any atom is -0.378 e. The molecule has 1 aliphatic carbocycles. The summed E-state index contributed by atoms with van der Waals surface area (Å²) in [5.74, 6) is 0.287. The molecule has 25 heavy (non-hydrogen) atoms. The second-order valence-electron chi connectivity index (χ2n) is 7.17. The van der Waals surface area contributed by atoms with E-state index in [1.165, 1.54) is 18.2 Å². The van der Waals surface area contributed by atoms with E-state index in [-0.39, 0.29) is 29.4 Å². The molecule has 2 atom stereocenters. The SMILES string of the molecule is CCNC(=NCc1cc(C#N)ccc1F)NC1CC(C)(OC)C1(C)C. The normalized spacial score (nSPS) is 25.0. The fourth-order valence-corrected chi connectivity index (χ4v) is 3.14. The molecule has 0 spiro atoms. The third kappa shape index (κ3) is 3.77. The highest BCUT2D eigenvalue weighted by molar-refractivity contribution is 5.80. The van der Waals surface area contributed by atoms with Gasteiger partial charge in [0.15, 0.2) is 5.96 Å². The first-order valence-corrected chi connectivity index (χ1v) is 8.56. The number of hydrogen-bond acceptors (Lipinski definition) is 3. The quantitative estimate of drug-likeness (QED) is 0.635. The molecule has 0 amide bonds. The Morgan fingerprint density at radius 3 is 2.72 bits per heavy atom. The van der Waals surface area contributed by atoms with Crippen LogP contribution in [0.5, 0.6) is 0 Å². The van der Waals surface area contributed by atoms with E-state index in [0.717, 1.165) is 6.42 Å². The molecule has 1 saturated carbocycles. The van der Waals surface area contributed by atoms with Gasteiger partial charge in [0.25, 0.3) is 0 Å². The number of halogens is 1. The average Bonchev–Trinajstić information content (AvgIpc) is 2.60. The van der Waals surface area contributed by atoms with E-state index in [9.17, 15) is 4.39 Å². The number of ether oxygens (including phenoxy) is 1. The standard InChI is InChI=1S/C19H27FN4O/c1-6-22-17(24-16-10-19(4,25-5)18(16,2)3)23-12-14-9-13(11-21)7-8-15(14)20/h7-9,16H,6,10,12H2,1-5H3,(H2,22,23,24). The highest BCUT2D eigenvalue weighted by Gasteiger charge is 2.58. The Hall–Kier alpha value is -2.13. The van der Waals surface area contributed by atoms with Crippen LogP contribution in [0.15, 0.2) is 23.2 Å². The van der Waals surface area contributed by atoms with E-state index in [4.69, 9.17) is 10.00 Å². The fraction of sp³-hybridized carbons (Fsp3) is 0.579. The number of benzene rings is 1. The molecule has 136 valence electrons. The van der Waals surface area contributed by atoms with E-state index in [0.29, 0.717) is 23.6 Å². The van der Waals surface area contributed by atoms with Crippen LogP contribution in [0.1, 0.15) is 45.2 Å². The maximum atomic E-state index is 13.9. The Bertz CT molecular complexity index is 695. The first-order chi connectivity index (χ1) is 11.8. The molecule has 1 aromatic rings. The Kier molecular flexibility index (Phi) is 5.69. The zero-order chi connectivity index (χ0) is 18.7. The van der Waals surface area contributed by atoms with E-state index in [1.807, 2.05) is 13.0 Å². The van der Waals surface area contributed by atoms with Gasteiger partial charge in [-0.25, -0.2) is 9.38 Å². The summed E-state index contributed by atoms with van der Waals surface area (Å²) in [6.07, 6.45) is 0.874. The molecule has 0 radical (unpaired) electrons. The Balaban J connectivity index is 2.11. The van der Waals surface area contributed by atoms with Crippen LogP contribution in [-0.2, 0) is 11.3 Å². The molecule has 2 N–H and O–H groups in total. The summed E-state index contributed by atoms with van der Waals surface area (Å²) in [5.41, 5.74) is 0.616. The summed E-state index contributed by atoms with van der Waals surface area (Å²) in [7, 11) is 1.74. The summed E-state index contributed by atoms with van der Waals surface area (Å²) in [5, 5.41) is 15.6. The highest BCUT2D eigenvalue weighted by Crippen LogP contribution is 2.51. The molecule has 2 rings (SSSR count).